The van der Waals surface area contributed by atoms with Crippen LogP contribution in [0.5, 0.6) is 0 Å². The second kappa shape index (κ2) is 3.37. The van der Waals surface area contributed by atoms with E-state index in [-0.39, 0.29) is 0 Å². The molecule has 2 nitrogen and oxygen atoms in total. The van der Waals surface area contributed by atoms with Gasteiger partial charge in [-0.05, 0) is 11.5 Å². The van der Waals surface area contributed by atoms with E-state index < -0.39 is 5.79 Å². The Labute approximate surface area is 84.8 Å². The Balaban J connectivity index is 2.42. The van der Waals surface area contributed by atoms with Crippen molar-refractivity contribution < 1.29 is 9.78 Å². The van der Waals surface area contributed by atoms with E-state index >= 15 is 0 Å². The summed E-state index contributed by atoms with van der Waals surface area (Å²) in [6.07, 6.45) is 0.858. The lowest BCUT2D eigenvalue weighted by molar-refractivity contribution is 0.0850. The Morgan fingerprint density at radius 1 is 1.21 bits per heavy atom. The van der Waals surface area contributed by atoms with Gasteiger partial charge in [0.15, 0.2) is 0 Å². The zero-order valence-electron chi connectivity index (χ0n) is 8.91. The van der Waals surface area contributed by atoms with Crippen LogP contribution in [-0.4, -0.2) is 0 Å². The molecule has 76 valence electrons. The predicted molar refractivity (Wildman–Crippen MR) is 54.7 cm³/mol. The van der Waals surface area contributed by atoms with Crippen molar-refractivity contribution in [2.24, 2.45) is 0 Å². The maximum Gasteiger partial charge on any atom is 0.259 e. The number of benzene rings is 1. The molecule has 1 fully saturated rings. The zero-order valence-corrected chi connectivity index (χ0v) is 8.91. The van der Waals surface area contributed by atoms with Crippen molar-refractivity contribution in [2.45, 2.75) is 38.9 Å². The van der Waals surface area contributed by atoms with Crippen molar-refractivity contribution in [3.63, 3.8) is 0 Å². The van der Waals surface area contributed by atoms with E-state index in [2.05, 4.69) is 39.0 Å². The third kappa shape index (κ3) is 1.45. The summed E-state index contributed by atoms with van der Waals surface area (Å²) in [7, 11) is 0. The van der Waals surface area contributed by atoms with Crippen molar-refractivity contribution >= 4 is 0 Å². The molecule has 0 bridgehead atoms. The second-order valence-electron chi connectivity index (χ2n) is 4.02. The number of hydrogen-bond acceptors (Lipinski definition) is 2. The summed E-state index contributed by atoms with van der Waals surface area (Å²) in [4.78, 5) is 10.2. The first kappa shape index (κ1) is 9.69. The average Bonchev–Trinajstić information content (AvgIpc) is 2.98. The highest BCUT2D eigenvalue weighted by molar-refractivity contribution is 5.34. The Bertz CT molecular complexity index is 327. The Kier molecular flexibility index (Phi) is 2.33. The maximum absolute atomic E-state index is 5.12. The van der Waals surface area contributed by atoms with Crippen molar-refractivity contribution in [3.05, 3.63) is 35.4 Å². The van der Waals surface area contributed by atoms with Gasteiger partial charge in [0.25, 0.3) is 5.79 Å². The molecule has 0 radical (unpaired) electrons. The predicted octanol–water partition coefficient (Wildman–Crippen LogP) is 3.33. The molecule has 0 saturated carbocycles. The van der Waals surface area contributed by atoms with Crippen LogP contribution >= 0.6 is 0 Å². The molecular weight excluding hydrogens is 176 g/mol. The third-order valence-corrected chi connectivity index (χ3v) is 2.74. The highest BCUT2D eigenvalue weighted by atomic mass is 17.4. The van der Waals surface area contributed by atoms with Gasteiger partial charge in [-0.3, -0.25) is 0 Å². The molecule has 1 aliphatic heterocycles. The van der Waals surface area contributed by atoms with E-state index in [0.717, 1.165) is 6.42 Å². The fraction of sp³-hybridized carbons (Fsp3) is 0.500. The molecule has 2 rings (SSSR count). The van der Waals surface area contributed by atoms with Gasteiger partial charge in [0.1, 0.15) is 0 Å². The molecular formula is C12H16O2. The normalized spacial score (nSPS) is 18.6. The summed E-state index contributed by atoms with van der Waals surface area (Å²) in [5, 5.41) is 0. The highest BCUT2D eigenvalue weighted by Gasteiger charge is 2.50. The minimum absolute atomic E-state index is 0.444. The van der Waals surface area contributed by atoms with Gasteiger partial charge in [0.2, 0.25) is 0 Å². The summed E-state index contributed by atoms with van der Waals surface area (Å²) in [6.45, 7) is 6.44. The van der Waals surface area contributed by atoms with Gasteiger partial charge < -0.3 is 0 Å². The largest absolute Gasteiger partial charge is 0.259 e. The van der Waals surface area contributed by atoms with Gasteiger partial charge in [0.05, 0.1) is 0 Å². The van der Waals surface area contributed by atoms with Crippen molar-refractivity contribution in [1.29, 1.82) is 0 Å². The molecule has 0 N–H and O–H groups in total. The Morgan fingerprint density at radius 3 is 2.36 bits per heavy atom. The highest BCUT2D eigenvalue weighted by Crippen LogP contribution is 2.46. The lowest BCUT2D eigenvalue weighted by atomic mass is 9.92. The summed E-state index contributed by atoms with van der Waals surface area (Å²) in [6, 6.07) is 8.32. The van der Waals surface area contributed by atoms with E-state index in [1.54, 1.807) is 0 Å². The zero-order chi connectivity index (χ0) is 10.2. The fourth-order valence-electron chi connectivity index (χ4n) is 1.80. The molecule has 0 amide bonds. The third-order valence-electron chi connectivity index (χ3n) is 2.74. The van der Waals surface area contributed by atoms with E-state index in [4.69, 9.17) is 9.78 Å². The molecule has 0 aliphatic carbocycles. The first-order valence-corrected chi connectivity index (χ1v) is 5.16. The molecule has 2 heteroatoms. The lowest BCUT2D eigenvalue weighted by Gasteiger charge is -2.14. The molecule has 0 unspecified atom stereocenters. The molecule has 1 aromatic carbocycles. The van der Waals surface area contributed by atoms with Gasteiger partial charge >= 0.3 is 0 Å². The monoisotopic (exact) mass is 192 g/mol. The fourth-order valence-corrected chi connectivity index (χ4v) is 1.80. The van der Waals surface area contributed by atoms with Crippen LogP contribution in [0.25, 0.3) is 0 Å². The number of hydrogen-bond donors (Lipinski definition) is 0. The van der Waals surface area contributed by atoms with Crippen LogP contribution in [0.3, 0.4) is 0 Å². The van der Waals surface area contributed by atoms with Crippen LogP contribution in [0.4, 0.5) is 0 Å². The SMILES string of the molecule is CCC1(c2ccccc2C(C)C)OO1. The molecule has 0 atom stereocenters. The van der Waals surface area contributed by atoms with Gasteiger partial charge in [-0.15, -0.1) is 0 Å². The van der Waals surface area contributed by atoms with Crippen LogP contribution < -0.4 is 0 Å². The van der Waals surface area contributed by atoms with Gasteiger partial charge in [-0.1, -0.05) is 45.0 Å². The summed E-state index contributed by atoms with van der Waals surface area (Å²) >= 11 is 0. The van der Waals surface area contributed by atoms with Gasteiger partial charge in [0, 0.05) is 12.0 Å². The summed E-state index contributed by atoms with van der Waals surface area (Å²) in [5.74, 6) is 0.0587. The van der Waals surface area contributed by atoms with Gasteiger partial charge in [-0.2, -0.15) is 9.78 Å². The van der Waals surface area contributed by atoms with Crippen molar-refractivity contribution in [2.75, 3.05) is 0 Å². The number of rotatable bonds is 3. The van der Waals surface area contributed by atoms with E-state index in [1.807, 2.05) is 6.07 Å². The van der Waals surface area contributed by atoms with Crippen LogP contribution in [0.1, 0.15) is 44.2 Å². The summed E-state index contributed by atoms with van der Waals surface area (Å²) in [5.41, 5.74) is 2.49. The Hall–Kier alpha value is -0.860. The van der Waals surface area contributed by atoms with Gasteiger partial charge in [-0.25, -0.2) is 0 Å². The van der Waals surface area contributed by atoms with Crippen molar-refractivity contribution in [1.82, 2.24) is 0 Å². The smallest absolute Gasteiger partial charge is 0.189 e. The quantitative estimate of drug-likeness (QED) is 0.542. The van der Waals surface area contributed by atoms with E-state index in [9.17, 15) is 0 Å². The lowest BCUT2D eigenvalue weighted by Crippen LogP contribution is -2.10. The minimum Gasteiger partial charge on any atom is -0.189 e. The molecule has 0 spiro atoms. The van der Waals surface area contributed by atoms with E-state index in [1.165, 1.54) is 11.1 Å². The maximum atomic E-state index is 5.12. The molecule has 0 aromatic heterocycles. The second-order valence-corrected chi connectivity index (χ2v) is 4.02. The Morgan fingerprint density at radius 2 is 1.86 bits per heavy atom. The van der Waals surface area contributed by atoms with Crippen LogP contribution in [0.2, 0.25) is 0 Å². The minimum atomic E-state index is -0.444. The molecule has 14 heavy (non-hydrogen) atoms. The van der Waals surface area contributed by atoms with E-state index in [0.29, 0.717) is 5.92 Å². The molecule has 1 aromatic rings. The first-order valence-electron chi connectivity index (χ1n) is 5.16. The molecule has 1 saturated heterocycles. The van der Waals surface area contributed by atoms with Crippen molar-refractivity contribution in [3.8, 4) is 0 Å². The first-order chi connectivity index (χ1) is 6.69. The molecule has 1 heterocycles. The average molecular weight is 192 g/mol. The van der Waals surface area contributed by atoms with Crippen LogP contribution in [0.15, 0.2) is 24.3 Å². The topological polar surface area (TPSA) is 25.1 Å². The standard InChI is InChI=1S/C12H16O2/c1-4-12(13-14-12)11-8-6-5-7-10(11)9(2)3/h5-9H,4H2,1-3H3. The molecule has 1 aliphatic rings. The van der Waals surface area contributed by atoms with Crippen LogP contribution in [0, 0.1) is 0 Å². The summed E-state index contributed by atoms with van der Waals surface area (Å²) < 4.78 is 0. The van der Waals surface area contributed by atoms with Crippen LogP contribution in [-0.2, 0) is 15.6 Å².